The molecular formula is C22H24N2O3. The van der Waals surface area contributed by atoms with Crippen molar-refractivity contribution in [1.29, 1.82) is 0 Å². The van der Waals surface area contributed by atoms with Crippen LogP contribution in [0.4, 0.5) is 0 Å². The molecule has 3 rings (SSSR count). The molecule has 0 aliphatic heterocycles. The molecule has 140 valence electrons. The van der Waals surface area contributed by atoms with Crippen molar-refractivity contribution in [3.8, 4) is 22.8 Å². The lowest BCUT2D eigenvalue weighted by molar-refractivity contribution is 0.0955. The van der Waals surface area contributed by atoms with Gasteiger partial charge >= 0.3 is 0 Å². The van der Waals surface area contributed by atoms with Crippen LogP contribution in [0.15, 0.2) is 48.5 Å². The Hall–Kier alpha value is -3.08. The largest absolute Gasteiger partial charge is 0.493 e. The third-order valence-corrected chi connectivity index (χ3v) is 4.46. The number of fused-ring (bicyclic) bond motifs is 1. The van der Waals surface area contributed by atoms with Crippen LogP contribution in [0, 0.1) is 0 Å². The Labute approximate surface area is 159 Å². The minimum Gasteiger partial charge on any atom is -0.493 e. The van der Waals surface area contributed by atoms with E-state index in [1.54, 1.807) is 14.2 Å². The lowest BCUT2D eigenvalue weighted by atomic mass is 10.0. The van der Waals surface area contributed by atoms with Crippen LogP contribution in [0.3, 0.4) is 0 Å². The Morgan fingerprint density at radius 1 is 1.04 bits per heavy atom. The van der Waals surface area contributed by atoms with E-state index in [-0.39, 0.29) is 5.91 Å². The molecule has 0 spiro atoms. The van der Waals surface area contributed by atoms with Gasteiger partial charge in [0.25, 0.3) is 5.91 Å². The molecular weight excluding hydrogens is 340 g/mol. The number of nitrogens with one attached hydrogen (secondary N) is 1. The number of aromatic nitrogens is 1. The lowest BCUT2D eigenvalue weighted by Gasteiger charge is -2.12. The molecule has 0 saturated heterocycles. The van der Waals surface area contributed by atoms with E-state index in [1.165, 1.54) is 0 Å². The number of hydrogen-bond acceptors (Lipinski definition) is 4. The van der Waals surface area contributed by atoms with Gasteiger partial charge in [-0.1, -0.05) is 31.5 Å². The second-order valence-corrected chi connectivity index (χ2v) is 6.25. The first-order valence-electron chi connectivity index (χ1n) is 9.08. The summed E-state index contributed by atoms with van der Waals surface area (Å²) in [4.78, 5) is 17.5. The quantitative estimate of drug-likeness (QED) is 0.629. The molecule has 1 aromatic heterocycles. The number of carbonyl (C=O) groups excluding carboxylic acids is 1. The Kier molecular flexibility index (Phi) is 5.91. The van der Waals surface area contributed by atoms with E-state index >= 15 is 0 Å². The highest BCUT2D eigenvalue weighted by Crippen LogP contribution is 2.33. The predicted octanol–water partition coefficient (Wildman–Crippen LogP) is 4.45. The molecule has 0 aliphatic carbocycles. The third-order valence-electron chi connectivity index (χ3n) is 4.46. The van der Waals surface area contributed by atoms with Crippen molar-refractivity contribution < 1.29 is 14.3 Å². The number of para-hydroxylation sites is 1. The van der Waals surface area contributed by atoms with Crippen LogP contribution in [0.1, 0.15) is 30.1 Å². The molecule has 1 heterocycles. The fraction of sp³-hybridized carbons (Fsp3) is 0.273. The van der Waals surface area contributed by atoms with Crippen LogP contribution in [0.25, 0.3) is 22.2 Å². The van der Waals surface area contributed by atoms with Gasteiger partial charge in [0.05, 0.1) is 31.0 Å². The van der Waals surface area contributed by atoms with Gasteiger partial charge in [-0.15, -0.1) is 0 Å². The predicted molar refractivity (Wildman–Crippen MR) is 108 cm³/mol. The normalized spacial score (nSPS) is 10.6. The second-order valence-electron chi connectivity index (χ2n) is 6.25. The number of hydrogen-bond donors (Lipinski definition) is 1. The third kappa shape index (κ3) is 4.03. The zero-order chi connectivity index (χ0) is 19.2. The maximum absolute atomic E-state index is 12.8. The van der Waals surface area contributed by atoms with Gasteiger partial charge in [0.1, 0.15) is 0 Å². The minimum absolute atomic E-state index is 0.0798. The molecule has 0 unspecified atom stereocenters. The lowest BCUT2D eigenvalue weighted by Crippen LogP contribution is -2.24. The zero-order valence-electron chi connectivity index (χ0n) is 15.9. The first-order chi connectivity index (χ1) is 13.2. The van der Waals surface area contributed by atoms with E-state index in [4.69, 9.17) is 14.5 Å². The number of methoxy groups -OCH3 is 2. The SMILES string of the molecule is CCCCNC(=O)c1cc(-c2ccc(OC)c(OC)c2)nc2ccccc12. The number of ether oxygens (including phenoxy) is 2. The maximum atomic E-state index is 12.8. The van der Waals surface area contributed by atoms with Gasteiger partial charge in [0.2, 0.25) is 0 Å². The van der Waals surface area contributed by atoms with Gasteiger partial charge in [-0.25, -0.2) is 4.98 Å². The molecule has 1 N–H and O–H groups in total. The van der Waals surface area contributed by atoms with E-state index in [2.05, 4.69) is 12.2 Å². The summed E-state index contributed by atoms with van der Waals surface area (Å²) in [5, 5.41) is 3.84. The highest BCUT2D eigenvalue weighted by molar-refractivity contribution is 6.07. The Morgan fingerprint density at radius 3 is 2.56 bits per heavy atom. The summed E-state index contributed by atoms with van der Waals surface area (Å²) in [5.74, 6) is 1.20. The van der Waals surface area contributed by atoms with Gasteiger partial charge in [0.15, 0.2) is 11.5 Å². The van der Waals surface area contributed by atoms with Crippen LogP contribution < -0.4 is 14.8 Å². The molecule has 0 radical (unpaired) electrons. The fourth-order valence-corrected chi connectivity index (χ4v) is 2.98. The highest BCUT2D eigenvalue weighted by atomic mass is 16.5. The number of unbranched alkanes of at least 4 members (excludes halogenated alkanes) is 1. The molecule has 0 bridgehead atoms. The van der Waals surface area contributed by atoms with Crippen LogP contribution in [-0.4, -0.2) is 31.7 Å². The fourth-order valence-electron chi connectivity index (χ4n) is 2.98. The Morgan fingerprint density at radius 2 is 1.81 bits per heavy atom. The summed E-state index contributed by atoms with van der Waals surface area (Å²) in [6.45, 7) is 2.76. The molecule has 0 fully saturated rings. The molecule has 3 aromatic rings. The van der Waals surface area contributed by atoms with Crippen molar-refractivity contribution >= 4 is 16.8 Å². The Balaban J connectivity index is 2.08. The van der Waals surface area contributed by atoms with E-state index in [9.17, 15) is 4.79 Å². The van der Waals surface area contributed by atoms with Crippen molar-refractivity contribution in [2.45, 2.75) is 19.8 Å². The molecule has 2 aromatic carbocycles. The van der Waals surface area contributed by atoms with Gasteiger partial charge in [-0.05, 0) is 36.8 Å². The summed E-state index contributed by atoms with van der Waals surface area (Å²) in [6, 6.07) is 15.1. The molecule has 5 nitrogen and oxygen atoms in total. The van der Waals surface area contributed by atoms with Crippen LogP contribution in [0.5, 0.6) is 11.5 Å². The number of carbonyl (C=O) groups is 1. The first-order valence-corrected chi connectivity index (χ1v) is 9.08. The van der Waals surface area contributed by atoms with Crippen molar-refractivity contribution in [3.05, 3.63) is 54.1 Å². The smallest absolute Gasteiger partial charge is 0.252 e. The van der Waals surface area contributed by atoms with Gasteiger partial charge < -0.3 is 14.8 Å². The van der Waals surface area contributed by atoms with Crippen LogP contribution in [-0.2, 0) is 0 Å². The van der Waals surface area contributed by atoms with Gasteiger partial charge in [0, 0.05) is 17.5 Å². The molecule has 0 saturated carbocycles. The van der Waals surface area contributed by atoms with Gasteiger partial charge in [-0.2, -0.15) is 0 Å². The monoisotopic (exact) mass is 364 g/mol. The van der Waals surface area contributed by atoms with Crippen molar-refractivity contribution in [2.75, 3.05) is 20.8 Å². The second kappa shape index (κ2) is 8.54. The standard InChI is InChI=1S/C22H24N2O3/c1-4-5-12-23-22(25)17-14-19(24-18-9-7-6-8-16(17)18)15-10-11-20(26-2)21(13-15)27-3/h6-11,13-14H,4-5,12H2,1-3H3,(H,23,25). The van der Waals surface area contributed by atoms with Crippen molar-refractivity contribution in [2.24, 2.45) is 0 Å². The number of benzene rings is 2. The molecule has 0 aliphatic rings. The topological polar surface area (TPSA) is 60.5 Å². The first kappa shape index (κ1) is 18.7. The summed E-state index contributed by atoms with van der Waals surface area (Å²) >= 11 is 0. The number of nitrogens with zero attached hydrogens (tertiary/aromatic N) is 1. The number of pyridine rings is 1. The number of rotatable bonds is 7. The van der Waals surface area contributed by atoms with E-state index < -0.39 is 0 Å². The average Bonchev–Trinajstić information content (AvgIpc) is 2.72. The average molecular weight is 364 g/mol. The van der Waals surface area contributed by atoms with E-state index in [0.717, 1.165) is 35.0 Å². The van der Waals surface area contributed by atoms with E-state index in [1.807, 2.05) is 48.5 Å². The number of amides is 1. The highest BCUT2D eigenvalue weighted by Gasteiger charge is 2.15. The van der Waals surface area contributed by atoms with Crippen LogP contribution in [0.2, 0.25) is 0 Å². The molecule has 0 atom stereocenters. The minimum atomic E-state index is -0.0798. The summed E-state index contributed by atoms with van der Waals surface area (Å²) in [6.07, 6.45) is 1.99. The summed E-state index contributed by atoms with van der Waals surface area (Å²) in [5.41, 5.74) is 2.99. The molecule has 5 heteroatoms. The molecule has 1 amide bonds. The van der Waals surface area contributed by atoms with Crippen LogP contribution >= 0.6 is 0 Å². The Bertz CT molecular complexity index is 953. The molecule has 27 heavy (non-hydrogen) atoms. The van der Waals surface area contributed by atoms with Gasteiger partial charge in [-0.3, -0.25) is 4.79 Å². The zero-order valence-corrected chi connectivity index (χ0v) is 15.9. The van der Waals surface area contributed by atoms with E-state index in [0.29, 0.717) is 23.6 Å². The summed E-state index contributed by atoms with van der Waals surface area (Å²) in [7, 11) is 3.20. The maximum Gasteiger partial charge on any atom is 0.252 e. The van der Waals surface area contributed by atoms with Crippen molar-refractivity contribution in [1.82, 2.24) is 10.3 Å². The van der Waals surface area contributed by atoms with Crippen molar-refractivity contribution in [3.63, 3.8) is 0 Å². The summed E-state index contributed by atoms with van der Waals surface area (Å²) < 4.78 is 10.7.